The van der Waals surface area contributed by atoms with E-state index in [0.717, 1.165) is 11.5 Å². The maximum atomic E-state index is 5.16. The second-order valence-electron chi connectivity index (χ2n) is 1.76. The number of hydrogen-bond donors (Lipinski definition) is 2. The Morgan fingerprint density at radius 2 is 1.50 bits per heavy atom. The fraction of sp³-hybridized carbons (Fsp3) is 1.00. The molecule has 0 aliphatic heterocycles. The maximum Gasteiger partial charge on any atom is 0.154 e. The highest BCUT2D eigenvalue weighted by Crippen LogP contribution is 1.93. The molecule has 0 fully saturated rings. The number of rotatable bonds is 6. The van der Waals surface area contributed by atoms with Gasteiger partial charge in [0, 0.05) is 11.5 Å². The molecule has 0 unspecified atom stereocenters. The van der Waals surface area contributed by atoms with Crippen molar-refractivity contribution >= 4 is 25.3 Å². The molecule has 10 heavy (non-hydrogen) atoms. The first-order valence-corrected chi connectivity index (χ1v) is 4.52. The molecule has 0 spiro atoms. The van der Waals surface area contributed by atoms with Crippen LogP contribution in [0.3, 0.4) is 0 Å². The molecule has 0 N–H and O–H groups in total. The molecule has 0 aromatic heterocycles. The van der Waals surface area contributed by atoms with Crippen molar-refractivity contribution in [2.24, 2.45) is 0 Å². The lowest BCUT2D eigenvalue weighted by Crippen LogP contribution is -2.15. The molecule has 2 nitrogen and oxygen atoms in total. The first-order chi connectivity index (χ1) is 4.81. The van der Waals surface area contributed by atoms with Crippen LogP contribution in [0.15, 0.2) is 0 Å². The zero-order chi connectivity index (χ0) is 7.82. The summed E-state index contributed by atoms with van der Waals surface area (Å²) in [4.78, 5) is 0. The van der Waals surface area contributed by atoms with E-state index in [1.54, 1.807) is 0 Å². The van der Waals surface area contributed by atoms with Gasteiger partial charge in [0.2, 0.25) is 0 Å². The minimum atomic E-state index is -0.126. The third-order valence-electron chi connectivity index (χ3n) is 0.888. The van der Waals surface area contributed by atoms with Gasteiger partial charge in [0.25, 0.3) is 0 Å². The molecule has 0 aliphatic carbocycles. The first kappa shape index (κ1) is 10.6. The van der Waals surface area contributed by atoms with Crippen molar-refractivity contribution in [1.82, 2.24) is 0 Å². The fourth-order valence-corrected chi connectivity index (χ4v) is 0.696. The van der Waals surface area contributed by atoms with Crippen molar-refractivity contribution in [3.63, 3.8) is 0 Å². The molecule has 0 atom stereocenters. The fourth-order valence-electron chi connectivity index (χ4n) is 0.485. The Morgan fingerprint density at radius 1 is 1.10 bits per heavy atom. The summed E-state index contributed by atoms with van der Waals surface area (Å²) in [6, 6.07) is 0. The highest BCUT2D eigenvalue weighted by atomic mass is 32.1. The van der Waals surface area contributed by atoms with E-state index >= 15 is 0 Å². The molecule has 0 saturated carbocycles. The standard InChI is InChI=1S/C6H14O2S2/c1-6(7-2-4-9)8-3-5-10/h6,9-10H,2-5H2,1H3. The molecule has 62 valence electrons. The van der Waals surface area contributed by atoms with E-state index < -0.39 is 0 Å². The Hall–Kier alpha value is 0.620. The zero-order valence-corrected chi connectivity index (χ0v) is 7.91. The Kier molecular flexibility index (Phi) is 8.20. The van der Waals surface area contributed by atoms with Crippen LogP contribution >= 0.6 is 25.3 Å². The average Bonchev–Trinajstić information content (AvgIpc) is 1.97. The quantitative estimate of drug-likeness (QED) is 0.475. The predicted molar refractivity (Wildman–Crippen MR) is 49.1 cm³/mol. The summed E-state index contributed by atoms with van der Waals surface area (Å²) in [6.07, 6.45) is -0.126. The molecule has 0 radical (unpaired) electrons. The van der Waals surface area contributed by atoms with Crippen LogP contribution in [-0.4, -0.2) is 31.0 Å². The third kappa shape index (κ3) is 6.74. The second-order valence-corrected chi connectivity index (χ2v) is 2.65. The normalized spacial score (nSPS) is 10.8. The van der Waals surface area contributed by atoms with Crippen molar-refractivity contribution in [2.45, 2.75) is 13.2 Å². The highest BCUT2D eigenvalue weighted by molar-refractivity contribution is 7.80. The van der Waals surface area contributed by atoms with E-state index in [1.807, 2.05) is 6.92 Å². The van der Waals surface area contributed by atoms with Crippen LogP contribution in [0.25, 0.3) is 0 Å². The van der Waals surface area contributed by atoms with E-state index in [2.05, 4.69) is 25.3 Å². The molecule has 0 amide bonds. The molecular weight excluding hydrogens is 168 g/mol. The van der Waals surface area contributed by atoms with Gasteiger partial charge in [0.05, 0.1) is 13.2 Å². The molecule has 0 aliphatic rings. The van der Waals surface area contributed by atoms with Gasteiger partial charge in [-0.3, -0.25) is 0 Å². The first-order valence-electron chi connectivity index (χ1n) is 3.26. The summed E-state index contributed by atoms with van der Waals surface area (Å²) < 4.78 is 10.3. The Labute approximate surface area is 73.1 Å². The van der Waals surface area contributed by atoms with Gasteiger partial charge >= 0.3 is 0 Å². The zero-order valence-electron chi connectivity index (χ0n) is 6.12. The lowest BCUT2D eigenvalue weighted by atomic mass is 10.7. The van der Waals surface area contributed by atoms with Crippen LogP contribution in [0.1, 0.15) is 6.92 Å². The topological polar surface area (TPSA) is 18.5 Å². The molecule has 4 heteroatoms. The van der Waals surface area contributed by atoms with Crippen LogP contribution in [0, 0.1) is 0 Å². The Bertz CT molecular complexity index is 62.8. The number of thiol groups is 2. The largest absolute Gasteiger partial charge is 0.352 e. The summed E-state index contributed by atoms with van der Waals surface area (Å²) in [7, 11) is 0. The van der Waals surface area contributed by atoms with E-state index in [1.165, 1.54) is 0 Å². The van der Waals surface area contributed by atoms with Crippen molar-refractivity contribution in [2.75, 3.05) is 24.7 Å². The average molecular weight is 182 g/mol. The van der Waals surface area contributed by atoms with Crippen molar-refractivity contribution < 1.29 is 9.47 Å². The Balaban J connectivity index is 3.00. The Morgan fingerprint density at radius 3 is 1.80 bits per heavy atom. The number of ether oxygens (including phenoxy) is 2. The lowest BCUT2D eigenvalue weighted by Gasteiger charge is -2.11. The van der Waals surface area contributed by atoms with Gasteiger partial charge in [-0.1, -0.05) is 0 Å². The van der Waals surface area contributed by atoms with Crippen molar-refractivity contribution in [3.05, 3.63) is 0 Å². The van der Waals surface area contributed by atoms with E-state index in [4.69, 9.17) is 9.47 Å². The maximum absolute atomic E-state index is 5.16. The molecule has 0 heterocycles. The molecule has 0 aromatic rings. The molecular formula is C6H14O2S2. The summed E-state index contributed by atoms with van der Waals surface area (Å²) in [5.41, 5.74) is 0. The van der Waals surface area contributed by atoms with Gasteiger partial charge in [-0.15, -0.1) is 0 Å². The lowest BCUT2D eigenvalue weighted by molar-refractivity contribution is -0.121. The van der Waals surface area contributed by atoms with Crippen LogP contribution in [0.2, 0.25) is 0 Å². The summed E-state index contributed by atoms with van der Waals surface area (Å²) in [5, 5.41) is 0. The van der Waals surface area contributed by atoms with E-state index in [0.29, 0.717) is 13.2 Å². The number of hydrogen-bond acceptors (Lipinski definition) is 4. The van der Waals surface area contributed by atoms with Crippen LogP contribution in [0.5, 0.6) is 0 Å². The van der Waals surface area contributed by atoms with Crippen LogP contribution < -0.4 is 0 Å². The summed E-state index contributed by atoms with van der Waals surface area (Å²) in [6.45, 7) is 3.14. The minimum Gasteiger partial charge on any atom is -0.352 e. The monoisotopic (exact) mass is 182 g/mol. The minimum absolute atomic E-state index is 0.126. The summed E-state index contributed by atoms with van der Waals surface area (Å²) in [5.74, 6) is 1.46. The van der Waals surface area contributed by atoms with Gasteiger partial charge in [-0.25, -0.2) is 0 Å². The summed E-state index contributed by atoms with van der Waals surface area (Å²) >= 11 is 7.98. The van der Waals surface area contributed by atoms with Crippen LogP contribution in [0.4, 0.5) is 0 Å². The second kappa shape index (κ2) is 7.72. The van der Waals surface area contributed by atoms with Gasteiger partial charge < -0.3 is 9.47 Å². The molecule has 0 aromatic carbocycles. The van der Waals surface area contributed by atoms with Gasteiger partial charge in [0.15, 0.2) is 6.29 Å². The predicted octanol–water partition coefficient (Wildman–Crippen LogP) is 1.23. The molecule has 0 bridgehead atoms. The van der Waals surface area contributed by atoms with Crippen molar-refractivity contribution in [1.29, 1.82) is 0 Å². The third-order valence-corrected chi connectivity index (χ3v) is 1.25. The molecule has 0 rings (SSSR count). The SMILES string of the molecule is CC(OCCS)OCCS. The van der Waals surface area contributed by atoms with Gasteiger partial charge in [-0.2, -0.15) is 25.3 Å². The van der Waals surface area contributed by atoms with Crippen LogP contribution in [-0.2, 0) is 9.47 Å². The smallest absolute Gasteiger partial charge is 0.154 e. The molecule has 0 saturated heterocycles. The van der Waals surface area contributed by atoms with E-state index in [9.17, 15) is 0 Å². The van der Waals surface area contributed by atoms with Crippen molar-refractivity contribution in [3.8, 4) is 0 Å². The van der Waals surface area contributed by atoms with Gasteiger partial charge in [0.1, 0.15) is 0 Å². The van der Waals surface area contributed by atoms with Gasteiger partial charge in [-0.05, 0) is 6.92 Å². The van der Waals surface area contributed by atoms with E-state index in [-0.39, 0.29) is 6.29 Å². The highest BCUT2D eigenvalue weighted by Gasteiger charge is 1.98.